The Balaban J connectivity index is 1.49. The predicted molar refractivity (Wildman–Crippen MR) is 127 cm³/mol. The van der Waals surface area contributed by atoms with Crippen molar-refractivity contribution in [3.63, 3.8) is 0 Å². The summed E-state index contributed by atoms with van der Waals surface area (Å²) in [5, 5.41) is 4.51. The van der Waals surface area contributed by atoms with E-state index in [9.17, 15) is 13.2 Å². The monoisotopic (exact) mass is 464 g/mol. The van der Waals surface area contributed by atoms with Gasteiger partial charge in [0.1, 0.15) is 16.4 Å². The van der Waals surface area contributed by atoms with E-state index in [4.69, 9.17) is 4.74 Å². The molecule has 0 unspecified atom stereocenters. The van der Waals surface area contributed by atoms with Gasteiger partial charge in [0.15, 0.2) is 0 Å². The third-order valence-electron chi connectivity index (χ3n) is 4.68. The van der Waals surface area contributed by atoms with E-state index < -0.39 is 10.0 Å². The van der Waals surface area contributed by atoms with Crippen molar-refractivity contribution >= 4 is 38.6 Å². The van der Waals surface area contributed by atoms with Gasteiger partial charge in [-0.1, -0.05) is 36.4 Å². The molecule has 1 heterocycles. The molecule has 3 aromatic carbocycles. The van der Waals surface area contributed by atoms with Crippen LogP contribution in [0.25, 0.3) is 0 Å². The normalized spacial score (nSPS) is 11.0. The average Bonchev–Trinajstić information content (AvgIpc) is 3.31. The number of anilines is 2. The third kappa shape index (κ3) is 4.66. The molecule has 6 nitrogen and oxygen atoms in total. The SMILES string of the molecule is CN(c1ccsc1C(=O)Nc1ccc(Oc2ccccc2)cc1)S(=O)(=O)c1ccccc1. The van der Waals surface area contributed by atoms with Crippen molar-refractivity contribution < 1.29 is 17.9 Å². The van der Waals surface area contributed by atoms with Gasteiger partial charge in [0, 0.05) is 12.7 Å². The zero-order chi connectivity index (χ0) is 22.6. The molecule has 0 spiro atoms. The van der Waals surface area contributed by atoms with E-state index in [1.807, 2.05) is 30.3 Å². The fourth-order valence-corrected chi connectivity index (χ4v) is 5.12. The minimum absolute atomic E-state index is 0.161. The van der Waals surface area contributed by atoms with Gasteiger partial charge in [-0.05, 0) is 60.0 Å². The van der Waals surface area contributed by atoms with Crippen LogP contribution in [-0.2, 0) is 10.0 Å². The van der Waals surface area contributed by atoms with Crippen molar-refractivity contribution in [2.75, 3.05) is 16.7 Å². The first-order valence-electron chi connectivity index (χ1n) is 9.71. The number of hydrogen-bond donors (Lipinski definition) is 1. The maximum atomic E-state index is 12.9. The molecule has 162 valence electrons. The number of hydrogen-bond acceptors (Lipinski definition) is 5. The van der Waals surface area contributed by atoms with Crippen LogP contribution in [0.15, 0.2) is 101 Å². The van der Waals surface area contributed by atoms with Crippen molar-refractivity contribution in [3.8, 4) is 11.5 Å². The number of rotatable bonds is 7. The summed E-state index contributed by atoms with van der Waals surface area (Å²) >= 11 is 1.18. The molecule has 1 amide bonds. The van der Waals surface area contributed by atoms with E-state index in [1.54, 1.807) is 53.9 Å². The summed E-state index contributed by atoms with van der Waals surface area (Å²) < 4.78 is 32.8. The Morgan fingerprint density at radius 1 is 0.844 bits per heavy atom. The summed E-state index contributed by atoms with van der Waals surface area (Å²) in [7, 11) is -2.34. The number of benzene rings is 3. The van der Waals surface area contributed by atoms with Gasteiger partial charge >= 0.3 is 0 Å². The lowest BCUT2D eigenvalue weighted by Crippen LogP contribution is -2.28. The Labute approximate surface area is 190 Å². The topological polar surface area (TPSA) is 75.7 Å². The summed E-state index contributed by atoms with van der Waals surface area (Å²) in [5.41, 5.74) is 0.892. The van der Waals surface area contributed by atoms with Crippen LogP contribution in [0.3, 0.4) is 0 Å². The fraction of sp³-hybridized carbons (Fsp3) is 0.0417. The molecule has 4 rings (SSSR count). The van der Waals surface area contributed by atoms with E-state index in [2.05, 4.69) is 5.32 Å². The Bertz CT molecular complexity index is 1300. The Kier molecular flexibility index (Phi) is 6.25. The molecule has 0 aliphatic heterocycles. The molecule has 4 aromatic rings. The molecule has 0 saturated carbocycles. The van der Waals surface area contributed by atoms with Gasteiger partial charge in [-0.25, -0.2) is 8.42 Å². The van der Waals surface area contributed by atoms with Gasteiger partial charge in [0.2, 0.25) is 0 Å². The van der Waals surface area contributed by atoms with Crippen LogP contribution < -0.4 is 14.4 Å². The van der Waals surface area contributed by atoms with Crippen molar-refractivity contribution in [1.29, 1.82) is 0 Å². The van der Waals surface area contributed by atoms with Crippen molar-refractivity contribution in [1.82, 2.24) is 0 Å². The number of carbonyl (C=O) groups excluding carboxylic acids is 1. The molecule has 0 atom stereocenters. The van der Waals surface area contributed by atoms with Gasteiger partial charge in [0.05, 0.1) is 10.6 Å². The van der Waals surface area contributed by atoms with E-state index in [1.165, 1.54) is 30.5 Å². The van der Waals surface area contributed by atoms with E-state index in [-0.39, 0.29) is 10.8 Å². The number of carbonyl (C=O) groups is 1. The fourth-order valence-electron chi connectivity index (χ4n) is 3.02. The van der Waals surface area contributed by atoms with Crippen molar-refractivity contribution in [2.45, 2.75) is 4.90 Å². The zero-order valence-corrected chi connectivity index (χ0v) is 18.8. The Hall–Kier alpha value is -3.62. The first kappa shape index (κ1) is 21.6. The van der Waals surface area contributed by atoms with E-state index >= 15 is 0 Å². The summed E-state index contributed by atoms with van der Waals surface area (Å²) in [4.78, 5) is 13.4. The minimum Gasteiger partial charge on any atom is -0.457 e. The number of ether oxygens (including phenoxy) is 1. The van der Waals surface area contributed by atoms with Gasteiger partial charge in [-0.3, -0.25) is 9.10 Å². The van der Waals surface area contributed by atoms with Gasteiger partial charge in [-0.15, -0.1) is 11.3 Å². The van der Waals surface area contributed by atoms with Crippen LogP contribution >= 0.6 is 11.3 Å². The van der Waals surface area contributed by atoms with Gasteiger partial charge in [0.25, 0.3) is 15.9 Å². The molecule has 1 N–H and O–H groups in total. The van der Waals surface area contributed by atoms with Crippen LogP contribution in [0.5, 0.6) is 11.5 Å². The predicted octanol–water partition coefficient (Wildman–Crippen LogP) is 5.62. The number of nitrogens with one attached hydrogen (secondary N) is 1. The lowest BCUT2D eigenvalue weighted by Gasteiger charge is -2.19. The first-order valence-corrected chi connectivity index (χ1v) is 12.0. The first-order chi connectivity index (χ1) is 15.4. The number of sulfonamides is 1. The number of amides is 1. The highest BCUT2D eigenvalue weighted by molar-refractivity contribution is 7.92. The average molecular weight is 465 g/mol. The van der Waals surface area contributed by atoms with Crippen LogP contribution in [0.1, 0.15) is 9.67 Å². The molecule has 0 bridgehead atoms. The summed E-state index contributed by atoms with van der Waals surface area (Å²) in [6.45, 7) is 0. The second-order valence-electron chi connectivity index (χ2n) is 6.81. The number of para-hydroxylation sites is 1. The lowest BCUT2D eigenvalue weighted by molar-refractivity contribution is 0.103. The standard InChI is InChI=1S/C24H20N2O4S2/c1-26(32(28,29)21-10-6-3-7-11-21)22-16-17-31-23(22)24(27)25-18-12-14-20(15-13-18)30-19-8-4-2-5-9-19/h2-17H,1H3,(H,25,27). The molecule has 0 saturated heterocycles. The lowest BCUT2D eigenvalue weighted by atomic mass is 10.3. The van der Waals surface area contributed by atoms with Gasteiger partial charge in [-0.2, -0.15) is 0 Å². The second kappa shape index (κ2) is 9.25. The molecule has 0 aliphatic rings. The molecular formula is C24H20N2O4S2. The zero-order valence-electron chi connectivity index (χ0n) is 17.1. The molecule has 0 radical (unpaired) electrons. The largest absolute Gasteiger partial charge is 0.457 e. The Morgan fingerprint density at radius 2 is 1.44 bits per heavy atom. The minimum atomic E-state index is -3.78. The number of thiophene rings is 1. The smallest absolute Gasteiger partial charge is 0.267 e. The molecule has 0 fully saturated rings. The van der Waals surface area contributed by atoms with Crippen molar-refractivity contribution in [2.24, 2.45) is 0 Å². The molecular weight excluding hydrogens is 444 g/mol. The highest BCUT2D eigenvalue weighted by Crippen LogP contribution is 2.31. The molecule has 0 aliphatic carbocycles. The second-order valence-corrected chi connectivity index (χ2v) is 9.70. The van der Waals surface area contributed by atoms with E-state index in [0.717, 1.165) is 10.1 Å². The van der Waals surface area contributed by atoms with Crippen LogP contribution in [-0.4, -0.2) is 21.4 Å². The quantitative estimate of drug-likeness (QED) is 0.385. The van der Waals surface area contributed by atoms with Crippen LogP contribution in [0, 0.1) is 0 Å². The summed E-state index contributed by atoms with van der Waals surface area (Å²) in [5.74, 6) is 0.969. The maximum absolute atomic E-state index is 12.9. The van der Waals surface area contributed by atoms with E-state index in [0.29, 0.717) is 22.0 Å². The molecule has 8 heteroatoms. The molecule has 1 aromatic heterocycles. The highest BCUT2D eigenvalue weighted by atomic mass is 32.2. The highest BCUT2D eigenvalue weighted by Gasteiger charge is 2.26. The van der Waals surface area contributed by atoms with Crippen molar-refractivity contribution in [3.05, 3.63) is 101 Å². The maximum Gasteiger partial charge on any atom is 0.267 e. The van der Waals surface area contributed by atoms with Crippen LogP contribution in [0.2, 0.25) is 0 Å². The molecule has 32 heavy (non-hydrogen) atoms. The van der Waals surface area contributed by atoms with Gasteiger partial charge < -0.3 is 10.1 Å². The Morgan fingerprint density at radius 3 is 2.09 bits per heavy atom. The third-order valence-corrected chi connectivity index (χ3v) is 7.37. The number of nitrogens with zero attached hydrogens (tertiary/aromatic N) is 1. The van der Waals surface area contributed by atoms with Crippen LogP contribution in [0.4, 0.5) is 11.4 Å². The summed E-state index contributed by atoms with van der Waals surface area (Å²) in [6.07, 6.45) is 0. The summed E-state index contributed by atoms with van der Waals surface area (Å²) in [6, 6.07) is 26.1.